The van der Waals surface area contributed by atoms with Crippen LogP contribution in [0.2, 0.25) is 0 Å². The topological polar surface area (TPSA) is 178 Å². The lowest BCUT2D eigenvalue weighted by molar-refractivity contribution is -0.151. The van der Waals surface area contributed by atoms with Crippen LogP contribution in [-0.4, -0.2) is 84.1 Å². The zero-order valence-corrected chi connectivity index (χ0v) is 24.6. The summed E-state index contributed by atoms with van der Waals surface area (Å²) < 4.78 is 11.9. The molecule has 2 aliphatic heterocycles. The quantitative estimate of drug-likeness (QED) is 0.208. The molecule has 224 valence electrons. The number of fused-ring (bicyclic) bond motifs is 1. The molecule has 3 amide bonds. The number of tetrazole rings is 1. The van der Waals surface area contributed by atoms with Crippen LogP contribution in [-0.2, 0) is 32.8 Å². The largest absolute Gasteiger partial charge is 0.497 e. The van der Waals surface area contributed by atoms with Gasteiger partial charge in [-0.1, -0.05) is 54.2 Å². The summed E-state index contributed by atoms with van der Waals surface area (Å²) in [6, 6.07) is 13.4. The smallest absolute Gasteiger partial charge is 0.408 e. The molecule has 2 aromatic carbocycles. The molecule has 1 saturated heterocycles. The van der Waals surface area contributed by atoms with Crippen molar-refractivity contribution in [2.45, 2.75) is 29.2 Å². The van der Waals surface area contributed by atoms with Gasteiger partial charge in [0.1, 0.15) is 35.5 Å². The number of aromatic nitrogens is 4. The van der Waals surface area contributed by atoms with E-state index in [0.29, 0.717) is 27.8 Å². The summed E-state index contributed by atoms with van der Waals surface area (Å²) in [7, 11) is 3.22. The fraction of sp³-hybridized carbons (Fsp3) is 0.296. The van der Waals surface area contributed by atoms with Crippen LogP contribution in [0.5, 0.6) is 5.75 Å². The first-order chi connectivity index (χ1) is 20.8. The van der Waals surface area contributed by atoms with Crippen LogP contribution >= 0.6 is 23.5 Å². The second-order valence-electron chi connectivity index (χ2n) is 9.44. The molecule has 16 heteroatoms. The van der Waals surface area contributed by atoms with Crippen molar-refractivity contribution in [2.24, 2.45) is 7.05 Å². The zero-order valence-electron chi connectivity index (χ0n) is 23.0. The second-order valence-corrected chi connectivity index (χ2v) is 11.5. The van der Waals surface area contributed by atoms with Gasteiger partial charge in [-0.15, -0.1) is 16.9 Å². The van der Waals surface area contributed by atoms with Gasteiger partial charge in [0.25, 0.3) is 5.91 Å². The third-order valence-corrected chi connectivity index (χ3v) is 9.13. The van der Waals surface area contributed by atoms with Crippen molar-refractivity contribution in [1.82, 2.24) is 35.7 Å². The van der Waals surface area contributed by atoms with Gasteiger partial charge in [0, 0.05) is 18.6 Å². The van der Waals surface area contributed by atoms with E-state index < -0.39 is 41.3 Å². The minimum atomic E-state index is -1.24. The highest BCUT2D eigenvalue weighted by atomic mass is 32.2. The number of amides is 3. The summed E-state index contributed by atoms with van der Waals surface area (Å²) in [5.41, 5.74) is 1.63. The Bertz CT molecular complexity index is 1550. The molecule has 3 heterocycles. The first kappa shape index (κ1) is 29.9. The maximum Gasteiger partial charge on any atom is 0.408 e. The van der Waals surface area contributed by atoms with Crippen molar-refractivity contribution in [3.8, 4) is 5.75 Å². The van der Waals surface area contributed by atoms with E-state index in [0.717, 1.165) is 5.56 Å². The van der Waals surface area contributed by atoms with Gasteiger partial charge in [-0.25, -0.2) is 14.3 Å². The average Bonchev–Trinajstić information content (AvgIpc) is 3.44. The molecule has 5 rings (SSSR count). The Morgan fingerprint density at radius 2 is 1.91 bits per heavy atom. The minimum Gasteiger partial charge on any atom is -0.497 e. The molecule has 3 atom stereocenters. The molecule has 1 aromatic heterocycles. The maximum atomic E-state index is 13.5. The molecule has 0 radical (unpaired) electrons. The van der Waals surface area contributed by atoms with Crippen LogP contribution in [0.25, 0.3) is 0 Å². The first-order valence-corrected chi connectivity index (χ1v) is 15.0. The number of nitrogens with one attached hydrogen (secondary N) is 2. The Hall–Kier alpha value is -4.57. The number of carboxylic acids is 1. The van der Waals surface area contributed by atoms with Crippen LogP contribution < -0.4 is 15.4 Å². The number of benzene rings is 2. The number of rotatable bonds is 11. The van der Waals surface area contributed by atoms with Gasteiger partial charge in [-0.2, -0.15) is 0 Å². The van der Waals surface area contributed by atoms with E-state index in [1.807, 2.05) is 0 Å². The van der Waals surface area contributed by atoms with E-state index in [1.165, 1.54) is 33.1 Å². The summed E-state index contributed by atoms with van der Waals surface area (Å²) in [5, 5.41) is 26.3. The maximum absolute atomic E-state index is 13.5. The molecule has 0 saturated carbocycles. The van der Waals surface area contributed by atoms with Gasteiger partial charge < -0.3 is 25.2 Å². The highest BCUT2D eigenvalue weighted by molar-refractivity contribution is 8.01. The summed E-state index contributed by atoms with van der Waals surface area (Å²) in [5.74, 6) is -1.16. The Morgan fingerprint density at radius 3 is 2.56 bits per heavy atom. The van der Waals surface area contributed by atoms with Crippen LogP contribution in [0.3, 0.4) is 0 Å². The third-order valence-electron chi connectivity index (χ3n) is 6.69. The highest BCUT2D eigenvalue weighted by Gasteiger charge is 2.54. The highest BCUT2D eigenvalue weighted by Crippen LogP contribution is 2.41. The lowest BCUT2D eigenvalue weighted by Crippen LogP contribution is -2.71. The molecule has 0 spiro atoms. The van der Waals surface area contributed by atoms with Crippen molar-refractivity contribution in [1.29, 1.82) is 0 Å². The fourth-order valence-corrected chi connectivity index (χ4v) is 6.84. The third kappa shape index (κ3) is 6.59. The number of hydrogen-bond donors (Lipinski definition) is 3. The van der Waals surface area contributed by atoms with Gasteiger partial charge in [-0.05, 0) is 39.3 Å². The number of thioether (sulfide) groups is 2. The second kappa shape index (κ2) is 13.2. The number of ether oxygens (including phenoxy) is 2. The number of nitrogens with zero attached hydrogens (tertiary/aromatic N) is 5. The number of hydrogen-bond acceptors (Lipinski definition) is 11. The van der Waals surface area contributed by atoms with Crippen molar-refractivity contribution in [3.05, 3.63) is 77.0 Å². The van der Waals surface area contributed by atoms with Crippen LogP contribution in [0, 0.1) is 0 Å². The van der Waals surface area contributed by atoms with Crippen molar-refractivity contribution < 1.29 is 33.8 Å². The van der Waals surface area contributed by atoms with E-state index in [-0.39, 0.29) is 18.1 Å². The molecule has 0 aliphatic carbocycles. The molecule has 43 heavy (non-hydrogen) atoms. The molecule has 2 aliphatic rings. The normalized spacial score (nSPS) is 18.3. The molecule has 14 nitrogen and oxygen atoms in total. The Morgan fingerprint density at radius 1 is 1.16 bits per heavy atom. The Labute approximate surface area is 254 Å². The zero-order chi connectivity index (χ0) is 30.5. The molecule has 1 fully saturated rings. The molecule has 0 bridgehead atoms. The van der Waals surface area contributed by atoms with Crippen LogP contribution in [0.4, 0.5) is 4.79 Å². The van der Waals surface area contributed by atoms with Crippen LogP contribution in [0.15, 0.2) is 71.0 Å². The average molecular weight is 626 g/mol. The van der Waals surface area contributed by atoms with E-state index in [4.69, 9.17) is 9.47 Å². The number of carboxylic acid groups (broad SMARTS) is 1. The Kier molecular flexibility index (Phi) is 9.16. The molecular weight excluding hydrogens is 598 g/mol. The standard InChI is InChI=1S/C27H27N7O7S2/c1-33-26(30-31-32-33)43-14-17-13-42-24-20(23(36)34(24)21(17)25(37)38)28-22(35)19(16-6-4-3-5-7-16)29-27(39)41-12-15-8-10-18(40-2)11-9-15/h3-11,19-20,24H,12-14H2,1-2H3,(H,28,35)(H,29,39)(H,37,38)/t19?,20-,24?/m1/s1. The SMILES string of the molecule is COc1ccc(COC(=O)NC(C(=O)N[C@@H]2C(=O)N3C(C(=O)O)=C(CSc4nnnn4C)CSC23)c2ccccc2)cc1. The van der Waals surface area contributed by atoms with Gasteiger partial charge in [-0.3, -0.25) is 14.5 Å². The molecule has 2 unspecified atom stereocenters. The lowest BCUT2D eigenvalue weighted by atomic mass is 10.0. The van der Waals surface area contributed by atoms with E-state index in [9.17, 15) is 24.3 Å². The molecule has 3 N–H and O–H groups in total. The number of aliphatic carboxylic acids is 1. The van der Waals surface area contributed by atoms with Gasteiger partial charge >= 0.3 is 12.1 Å². The number of β-lactam (4-membered cyclic amide) rings is 1. The fourth-order valence-electron chi connectivity index (χ4n) is 4.50. The number of carbonyl (C=O) groups is 4. The van der Waals surface area contributed by atoms with Crippen molar-refractivity contribution >= 4 is 47.4 Å². The van der Waals surface area contributed by atoms with Gasteiger partial charge in [0.05, 0.1) is 7.11 Å². The van der Waals surface area contributed by atoms with Crippen molar-refractivity contribution in [2.75, 3.05) is 18.6 Å². The van der Waals surface area contributed by atoms with Crippen molar-refractivity contribution in [3.63, 3.8) is 0 Å². The summed E-state index contributed by atoms with van der Waals surface area (Å²) in [6.07, 6.45) is -0.829. The van der Waals surface area contributed by atoms with Gasteiger partial charge in [0.2, 0.25) is 11.1 Å². The number of carbonyl (C=O) groups excluding carboxylic acids is 3. The monoisotopic (exact) mass is 625 g/mol. The predicted molar refractivity (Wildman–Crippen MR) is 155 cm³/mol. The molecule has 3 aromatic rings. The predicted octanol–water partition coefficient (Wildman–Crippen LogP) is 1.72. The number of alkyl carbamates (subject to hydrolysis) is 1. The van der Waals surface area contributed by atoms with E-state index in [1.54, 1.807) is 68.8 Å². The Balaban J connectivity index is 1.25. The summed E-state index contributed by atoms with van der Waals surface area (Å²) in [6.45, 7) is -0.0359. The minimum absolute atomic E-state index is 0.0359. The van der Waals surface area contributed by atoms with E-state index >= 15 is 0 Å². The number of methoxy groups -OCH3 is 1. The van der Waals surface area contributed by atoms with Gasteiger partial charge in [0.15, 0.2) is 0 Å². The first-order valence-electron chi connectivity index (χ1n) is 12.9. The summed E-state index contributed by atoms with van der Waals surface area (Å²) >= 11 is 2.60. The summed E-state index contributed by atoms with van der Waals surface area (Å²) in [4.78, 5) is 52.8. The lowest BCUT2D eigenvalue weighted by Gasteiger charge is -2.49. The van der Waals surface area contributed by atoms with E-state index in [2.05, 4.69) is 26.2 Å². The number of aryl methyl sites for hydroxylation is 1. The molecular formula is C27H27N7O7S2. The van der Waals surface area contributed by atoms with Crippen LogP contribution in [0.1, 0.15) is 17.2 Å².